The summed E-state index contributed by atoms with van der Waals surface area (Å²) in [4.78, 5) is 4.71. The van der Waals surface area contributed by atoms with Crippen molar-refractivity contribution in [3.05, 3.63) is 243 Å². The first-order valence-corrected chi connectivity index (χ1v) is 23.3. The summed E-state index contributed by atoms with van der Waals surface area (Å²) in [5.41, 5.74) is 15.2. The van der Waals surface area contributed by atoms with Gasteiger partial charge in [-0.1, -0.05) is 182 Å². The van der Waals surface area contributed by atoms with Crippen LogP contribution in [0.2, 0.25) is 0 Å². The second kappa shape index (κ2) is 15.7. The molecule has 0 fully saturated rings. The summed E-state index contributed by atoms with van der Waals surface area (Å²) in [7, 11) is 0. The predicted octanol–water partition coefficient (Wildman–Crippen LogP) is 18.8. The van der Waals surface area contributed by atoms with E-state index in [1.54, 1.807) is 0 Å². The van der Waals surface area contributed by atoms with Crippen LogP contribution in [0.3, 0.4) is 0 Å². The molecule has 0 aliphatic rings. The molecule has 14 rings (SSSR count). The fourth-order valence-corrected chi connectivity index (χ4v) is 10.6. The molecule has 5 heteroatoms. The van der Waals surface area contributed by atoms with Crippen molar-refractivity contribution in [3.8, 4) is 22.3 Å². The Hall–Kier alpha value is -9.32. The van der Waals surface area contributed by atoms with Crippen LogP contribution in [-0.4, -0.2) is 0 Å². The second-order valence-electron chi connectivity index (χ2n) is 17.5. The van der Waals surface area contributed by atoms with E-state index in [0.717, 1.165) is 133 Å². The molecular formula is C64H40N2O3. The average Bonchev–Trinajstić information content (AvgIpc) is 4.12. The van der Waals surface area contributed by atoms with Gasteiger partial charge >= 0.3 is 0 Å². The van der Waals surface area contributed by atoms with Gasteiger partial charge < -0.3 is 23.1 Å². The quantitative estimate of drug-likeness (QED) is 0.152. The van der Waals surface area contributed by atoms with E-state index in [4.69, 9.17) is 13.3 Å². The Labute approximate surface area is 396 Å². The maximum absolute atomic E-state index is 7.04. The molecule has 0 radical (unpaired) electrons. The summed E-state index contributed by atoms with van der Waals surface area (Å²) in [5, 5.41) is 8.50. The van der Waals surface area contributed by atoms with Gasteiger partial charge in [0.15, 0.2) is 11.2 Å². The number of nitrogens with zero attached hydrogens (tertiary/aromatic N) is 2. The largest absolute Gasteiger partial charge is 0.456 e. The molecule has 0 saturated heterocycles. The van der Waals surface area contributed by atoms with Crippen LogP contribution in [0, 0.1) is 0 Å². The third kappa shape index (κ3) is 6.18. The van der Waals surface area contributed by atoms with Gasteiger partial charge in [-0.3, -0.25) is 0 Å². The van der Waals surface area contributed by atoms with Crippen molar-refractivity contribution < 1.29 is 13.3 Å². The maximum Gasteiger partial charge on any atom is 0.159 e. The summed E-state index contributed by atoms with van der Waals surface area (Å²) >= 11 is 0. The van der Waals surface area contributed by atoms with Gasteiger partial charge in [-0.2, -0.15) is 0 Å². The zero-order chi connectivity index (χ0) is 45.4. The molecule has 0 N–H and O–H groups in total. The molecule has 3 aromatic heterocycles. The van der Waals surface area contributed by atoms with Crippen LogP contribution in [-0.2, 0) is 0 Å². The number of anilines is 6. The molecule has 0 aliphatic carbocycles. The molecule has 11 aromatic carbocycles. The highest BCUT2D eigenvalue weighted by molar-refractivity contribution is 6.24. The lowest BCUT2D eigenvalue weighted by Crippen LogP contribution is -2.12. The molecule has 0 atom stereocenters. The van der Waals surface area contributed by atoms with Crippen LogP contribution in [0.1, 0.15) is 0 Å². The molecule has 3 heterocycles. The lowest BCUT2D eigenvalue weighted by molar-refractivity contribution is 0.667. The van der Waals surface area contributed by atoms with Gasteiger partial charge in [-0.25, -0.2) is 0 Å². The van der Waals surface area contributed by atoms with Crippen LogP contribution >= 0.6 is 0 Å². The molecule has 0 aliphatic heterocycles. The van der Waals surface area contributed by atoms with E-state index in [0.29, 0.717) is 0 Å². The van der Waals surface area contributed by atoms with Crippen molar-refractivity contribution in [2.75, 3.05) is 9.80 Å². The number of hydrogen-bond acceptors (Lipinski definition) is 5. The topological polar surface area (TPSA) is 45.9 Å². The first-order valence-electron chi connectivity index (χ1n) is 23.3. The Morgan fingerprint density at radius 3 is 1.30 bits per heavy atom. The van der Waals surface area contributed by atoms with Gasteiger partial charge in [0.1, 0.15) is 22.3 Å². The highest BCUT2D eigenvalue weighted by Gasteiger charge is 2.27. The summed E-state index contributed by atoms with van der Waals surface area (Å²) in [6.45, 7) is 0. The van der Waals surface area contributed by atoms with Crippen molar-refractivity contribution in [3.63, 3.8) is 0 Å². The van der Waals surface area contributed by atoms with E-state index in [-0.39, 0.29) is 0 Å². The third-order valence-electron chi connectivity index (χ3n) is 13.6. The van der Waals surface area contributed by atoms with Crippen LogP contribution in [0.5, 0.6) is 0 Å². The highest BCUT2D eigenvalue weighted by Crippen LogP contribution is 2.51. The predicted molar refractivity (Wildman–Crippen MR) is 286 cm³/mol. The van der Waals surface area contributed by atoms with Gasteiger partial charge in [0, 0.05) is 60.6 Å². The fourth-order valence-electron chi connectivity index (χ4n) is 10.6. The van der Waals surface area contributed by atoms with E-state index in [1.807, 2.05) is 24.3 Å². The Balaban J connectivity index is 1.03. The first-order chi connectivity index (χ1) is 34.2. The standard InChI is InChI=1S/C64H40N2O3/c1-3-19-41(20-4-1)44-23-9-13-31-53(44)65(55-33-17-29-50-47-26-11-15-35-58(47)68-63(50)55)43-37-38-60-52(39-43)62-49-28-8-7-25-46(49)57(40-61(62)67-60)66(54-32-14-10-24-45(54)42-21-5-2-6-22-42)56-34-18-30-51-48-27-12-16-36-59(48)69-64(51)56/h1-40H. The minimum Gasteiger partial charge on any atom is -0.456 e. The molecule has 0 amide bonds. The van der Waals surface area contributed by atoms with Crippen molar-refractivity contribution in [2.45, 2.75) is 0 Å². The van der Waals surface area contributed by atoms with Gasteiger partial charge in [-0.05, 0) is 71.1 Å². The molecule has 69 heavy (non-hydrogen) atoms. The summed E-state index contributed by atoms with van der Waals surface area (Å²) in [5.74, 6) is 0. The number of furan rings is 3. The van der Waals surface area contributed by atoms with Crippen LogP contribution in [0.15, 0.2) is 256 Å². The zero-order valence-electron chi connectivity index (χ0n) is 37.2. The van der Waals surface area contributed by atoms with Crippen molar-refractivity contribution in [2.24, 2.45) is 0 Å². The lowest BCUT2D eigenvalue weighted by Gasteiger charge is -2.29. The molecular weight excluding hydrogens is 845 g/mol. The minimum absolute atomic E-state index is 0.783. The van der Waals surface area contributed by atoms with Crippen LogP contribution in [0.25, 0.3) is 98.8 Å². The van der Waals surface area contributed by atoms with E-state index < -0.39 is 0 Å². The lowest BCUT2D eigenvalue weighted by atomic mass is 9.98. The molecule has 0 unspecified atom stereocenters. The van der Waals surface area contributed by atoms with Crippen molar-refractivity contribution in [1.82, 2.24) is 0 Å². The zero-order valence-corrected chi connectivity index (χ0v) is 37.2. The Bertz CT molecular complexity index is 4280. The molecule has 0 spiro atoms. The van der Waals surface area contributed by atoms with Gasteiger partial charge in [0.05, 0.1) is 28.4 Å². The van der Waals surface area contributed by atoms with Gasteiger partial charge in [0.2, 0.25) is 0 Å². The normalized spacial score (nSPS) is 11.8. The summed E-state index contributed by atoms with van der Waals surface area (Å²) < 4.78 is 20.6. The van der Waals surface area contributed by atoms with Crippen molar-refractivity contribution >= 4 is 111 Å². The number of fused-ring (bicyclic) bond motifs is 11. The highest BCUT2D eigenvalue weighted by atomic mass is 16.3. The third-order valence-corrected chi connectivity index (χ3v) is 13.6. The molecule has 14 aromatic rings. The Morgan fingerprint density at radius 2 is 0.696 bits per heavy atom. The maximum atomic E-state index is 7.04. The monoisotopic (exact) mass is 884 g/mol. The molecule has 0 bridgehead atoms. The average molecular weight is 885 g/mol. The SMILES string of the molecule is c1ccc(-c2ccccc2N(c2ccc3oc4cc(N(c5ccccc5-c5ccccc5)c5cccc6c5oc5ccccc56)c5ccccc5c4c3c2)c2cccc3c2oc2ccccc23)cc1. The molecule has 0 saturated carbocycles. The summed E-state index contributed by atoms with van der Waals surface area (Å²) in [6.07, 6.45) is 0. The number of para-hydroxylation sites is 6. The van der Waals surface area contributed by atoms with E-state index in [1.165, 1.54) is 0 Å². The second-order valence-corrected chi connectivity index (χ2v) is 17.5. The molecule has 5 nitrogen and oxygen atoms in total. The van der Waals surface area contributed by atoms with E-state index >= 15 is 0 Å². The van der Waals surface area contributed by atoms with E-state index in [9.17, 15) is 0 Å². The Morgan fingerprint density at radius 1 is 0.246 bits per heavy atom. The van der Waals surface area contributed by atoms with Crippen LogP contribution in [0.4, 0.5) is 34.1 Å². The van der Waals surface area contributed by atoms with E-state index in [2.05, 4.69) is 228 Å². The van der Waals surface area contributed by atoms with Gasteiger partial charge in [0.25, 0.3) is 0 Å². The summed E-state index contributed by atoms with van der Waals surface area (Å²) in [6, 6.07) is 85.4. The molecule has 324 valence electrons. The number of benzene rings is 11. The number of hydrogen-bond donors (Lipinski definition) is 0. The fraction of sp³-hybridized carbons (Fsp3) is 0. The minimum atomic E-state index is 0.783. The Kier molecular flexibility index (Phi) is 8.83. The van der Waals surface area contributed by atoms with Crippen LogP contribution < -0.4 is 9.80 Å². The van der Waals surface area contributed by atoms with Gasteiger partial charge in [-0.15, -0.1) is 0 Å². The smallest absolute Gasteiger partial charge is 0.159 e. The first kappa shape index (κ1) is 38.9. The van der Waals surface area contributed by atoms with Crippen molar-refractivity contribution in [1.29, 1.82) is 0 Å². The number of rotatable bonds is 8.